The van der Waals surface area contributed by atoms with Crippen molar-refractivity contribution >= 4 is 29.5 Å². The zero-order valence-electron chi connectivity index (χ0n) is 16.1. The summed E-state index contributed by atoms with van der Waals surface area (Å²) in [7, 11) is 0. The molecule has 0 aromatic heterocycles. The molecule has 2 amide bonds. The molecular weight excluding hydrogens is 398 g/mol. The van der Waals surface area contributed by atoms with Crippen LogP contribution in [0.25, 0.3) is 6.08 Å². The molecule has 0 heterocycles. The lowest BCUT2D eigenvalue weighted by molar-refractivity contribution is -0.143. The van der Waals surface area contributed by atoms with E-state index < -0.39 is 42.6 Å². The number of carbonyl (C=O) groups is 3. The number of esters is 1. The van der Waals surface area contributed by atoms with Crippen LogP contribution in [0, 0.1) is 11.6 Å². The first-order valence-corrected chi connectivity index (χ1v) is 8.97. The maximum atomic E-state index is 13.1. The normalized spacial score (nSPS) is 10.5. The Labute approximate surface area is 171 Å². The number of para-hydroxylation sites is 1. The van der Waals surface area contributed by atoms with Crippen LogP contribution in [-0.2, 0) is 19.1 Å². The molecule has 0 aliphatic heterocycles. The van der Waals surface area contributed by atoms with Crippen LogP contribution in [-0.4, -0.2) is 37.5 Å². The number of benzene rings is 2. The van der Waals surface area contributed by atoms with Gasteiger partial charge in [0.2, 0.25) is 5.91 Å². The average Bonchev–Trinajstić information content (AvgIpc) is 2.73. The van der Waals surface area contributed by atoms with Gasteiger partial charge in [-0.1, -0.05) is 18.2 Å². The third kappa shape index (κ3) is 7.34. The van der Waals surface area contributed by atoms with E-state index in [9.17, 15) is 23.2 Å². The van der Waals surface area contributed by atoms with Crippen molar-refractivity contribution in [1.82, 2.24) is 5.32 Å². The molecule has 0 unspecified atom stereocenters. The summed E-state index contributed by atoms with van der Waals surface area (Å²) in [6.45, 7) is 1.28. The van der Waals surface area contributed by atoms with Gasteiger partial charge in [-0.05, 0) is 31.2 Å². The van der Waals surface area contributed by atoms with Gasteiger partial charge in [0.05, 0.1) is 13.2 Å². The minimum Gasteiger partial charge on any atom is -0.493 e. The Morgan fingerprint density at radius 3 is 2.53 bits per heavy atom. The van der Waals surface area contributed by atoms with E-state index in [0.717, 1.165) is 18.2 Å². The van der Waals surface area contributed by atoms with Gasteiger partial charge in [0, 0.05) is 23.4 Å². The molecule has 0 saturated heterocycles. The second kappa shape index (κ2) is 11.3. The number of halogens is 2. The van der Waals surface area contributed by atoms with Crippen LogP contribution in [0.1, 0.15) is 12.5 Å². The first-order valence-electron chi connectivity index (χ1n) is 8.97. The maximum Gasteiger partial charge on any atom is 0.331 e. The summed E-state index contributed by atoms with van der Waals surface area (Å²) in [5.41, 5.74) is 0.715. The number of ether oxygens (including phenoxy) is 2. The van der Waals surface area contributed by atoms with Crippen LogP contribution in [0.3, 0.4) is 0 Å². The fourth-order valence-corrected chi connectivity index (χ4v) is 2.26. The number of hydrogen-bond donors (Lipinski definition) is 2. The molecule has 2 aromatic rings. The highest BCUT2D eigenvalue weighted by atomic mass is 19.2. The molecule has 7 nitrogen and oxygen atoms in total. The molecule has 0 saturated carbocycles. The Hall–Kier alpha value is -3.75. The molecule has 0 bridgehead atoms. The van der Waals surface area contributed by atoms with Crippen LogP contribution in [0.5, 0.6) is 5.75 Å². The molecule has 9 heteroatoms. The lowest BCUT2D eigenvalue weighted by Gasteiger charge is -2.08. The summed E-state index contributed by atoms with van der Waals surface area (Å²) in [6, 6.07) is 9.95. The molecule has 2 aromatic carbocycles. The van der Waals surface area contributed by atoms with Crippen molar-refractivity contribution in [2.75, 3.05) is 25.1 Å². The van der Waals surface area contributed by atoms with Crippen LogP contribution in [0.2, 0.25) is 0 Å². The Bertz CT molecular complexity index is 947. The highest BCUT2D eigenvalue weighted by Gasteiger charge is 2.10. The molecular formula is C21H20F2N2O5. The Morgan fingerprint density at radius 1 is 1.03 bits per heavy atom. The van der Waals surface area contributed by atoms with Gasteiger partial charge in [0.25, 0.3) is 5.91 Å². The summed E-state index contributed by atoms with van der Waals surface area (Å²) in [6.07, 6.45) is 2.65. The molecule has 30 heavy (non-hydrogen) atoms. The predicted octanol–water partition coefficient (Wildman–Crippen LogP) is 2.67. The standard InChI is InChI=1S/C21H20F2N2O5/c1-2-29-18-6-4-3-5-14(18)7-10-21(28)30-13-20(27)24-12-19(26)25-15-8-9-16(22)17(23)11-15/h3-11H,2,12-13H2,1H3,(H,24,27)(H,25,26)/b10-7+. The summed E-state index contributed by atoms with van der Waals surface area (Å²) in [5.74, 6) is -3.66. The molecule has 0 aliphatic carbocycles. The summed E-state index contributed by atoms with van der Waals surface area (Å²) >= 11 is 0. The van der Waals surface area contributed by atoms with E-state index in [-0.39, 0.29) is 5.69 Å². The molecule has 0 spiro atoms. The highest BCUT2D eigenvalue weighted by molar-refractivity contribution is 5.95. The predicted molar refractivity (Wildman–Crippen MR) is 106 cm³/mol. The molecule has 0 fully saturated rings. The quantitative estimate of drug-likeness (QED) is 0.482. The molecule has 0 radical (unpaired) electrons. The highest BCUT2D eigenvalue weighted by Crippen LogP contribution is 2.19. The van der Waals surface area contributed by atoms with Gasteiger partial charge in [0.15, 0.2) is 18.2 Å². The topological polar surface area (TPSA) is 93.7 Å². The Morgan fingerprint density at radius 2 is 1.80 bits per heavy atom. The second-order valence-electron chi connectivity index (χ2n) is 5.87. The molecule has 158 valence electrons. The minimum atomic E-state index is -1.11. The summed E-state index contributed by atoms with van der Waals surface area (Å²) < 4.78 is 36.2. The largest absolute Gasteiger partial charge is 0.493 e. The van der Waals surface area contributed by atoms with E-state index in [1.54, 1.807) is 24.3 Å². The van der Waals surface area contributed by atoms with E-state index in [4.69, 9.17) is 9.47 Å². The average molecular weight is 418 g/mol. The first-order chi connectivity index (χ1) is 14.4. The number of nitrogens with one attached hydrogen (secondary N) is 2. The van der Waals surface area contributed by atoms with Gasteiger partial charge in [-0.15, -0.1) is 0 Å². The third-order valence-electron chi connectivity index (χ3n) is 3.61. The van der Waals surface area contributed by atoms with E-state index >= 15 is 0 Å². The van der Waals surface area contributed by atoms with Gasteiger partial charge >= 0.3 is 5.97 Å². The van der Waals surface area contributed by atoms with Crippen molar-refractivity contribution in [1.29, 1.82) is 0 Å². The lowest BCUT2D eigenvalue weighted by Crippen LogP contribution is -2.35. The van der Waals surface area contributed by atoms with Crippen LogP contribution >= 0.6 is 0 Å². The monoisotopic (exact) mass is 418 g/mol. The van der Waals surface area contributed by atoms with Crippen molar-refractivity contribution in [3.8, 4) is 5.75 Å². The van der Waals surface area contributed by atoms with Crippen molar-refractivity contribution in [2.24, 2.45) is 0 Å². The Balaban J connectivity index is 1.74. The molecule has 0 aliphatic rings. The maximum absolute atomic E-state index is 13.1. The zero-order valence-corrected chi connectivity index (χ0v) is 16.1. The number of amides is 2. The van der Waals surface area contributed by atoms with Crippen LogP contribution in [0.4, 0.5) is 14.5 Å². The number of carbonyl (C=O) groups excluding carboxylic acids is 3. The third-order valence-corrected chi connectivity index (χ3v) is 3.61. The van der Waals surface area contributed by atoms with Crippen LogP contribution < -0.4 is 15.4 Å². The van der Waals surface area contributed by atoms with Gasteiger partial charge in [-0.2, -0.15) is 0 Å². The number of hydrogen-bond acceptors (Lipinski definition) is 5. The van der Waals surface area contributed by atoms with E-state index in [0.29, 0.717) is 17.9 Å². The molecule has 2 N–H and O–H groups in total. The molecule has 0 atom stereocenters. The fraction of sp³-hybridized carbons (Fsp3) is 0.190. The van der Waals surface area contributed by atoms with Gasteiger partial charge in [-0.3, -0.25) is 9.59 Å². The van der Waals surface area contributed by atoms with E-state index in [1.807, 2.05) is 6.92 Å². The van der Waals surface area contributed by atoms with Crippen molar-refractivity contribution in [3.63, 3.8) is 0 Å². The smallest absolute Gasteiger partial charge is 0.331 e. The lowest BCUT2D eigenvalue weighted by atomic mass is 10.2. The van der Waals surface area contributed by atoms with E-state index in [1.165, 1.54) is 12.1 Å². The number of rotatable bonds is 9. The zero-order chi connectivity index (χ0) is 21.9. The first kappa shape index (κ1) is 22.5. The SMILES string of the molecule is CCOc1ccccc1/C=C/C(=O)OCC(=O)NCC(=O)Nc1ccc(F)c(F)c1. The summed E-state index contributed by atoms with van der Waals surface area (Å²) in [5, 5.41) is 4.54. The van der Waals surface area contributed by atoms with Gasteiger partial charge in [0.1, 0.15) is 5.75 Å². The van der Waals surface area contributed by atoms with Gasteiger partial charge in [-0.25, -0.2) is 13.6 Å². The summed E-state index contributed by atoms with van der Waals surface area (Å²) in [4.78, 5) is 35.2. The molecule has 2 rings (SSSR count). The van der Waals surface area contributed by atoms with Gasteiger partial charge < -0.3 is 20.1 Å². The van der Waals surface area contributed by atoms with Crippen LogP contribution in [0.15, 0.2) is 48.5 Å². The number of anilines is 1. The minimum absolute atomic E-state index is 0.0389. The fourth-order valence-electron chi connectivity index (χ4n) is 2.26. The van der Waals surface area contributed by atoms with E-state index in [2.05, 4.69) is 10.6 Å². The second-order valence-corrected chi connectivity index (χ2v) is 5.87. The van der Waals surface area contributed by atoms with Crippen molar-refractivity contribution < 1.29 is 32.6 Å². The Kier molecular flexibility index (Phi) is 8.49. The van der Waals surface area contributed by atoms with Crippen molar-refractivity contribution in [3.05, 3.63) is 65.7 Å². The van der Waals surface area contributed by atoms with Crippen molar-refractivity contribution in [2.45, 2.75) is 6.92 Å².